The minimum absolute atomic E-state index is 0.610. The van der Waals surface area contributed by atoms with Gasteiger partial charge in [-0.1, -0.05) is 0 Å². The molecule has 0 atom stereocenters. The van der Waals surface area contributed by atoms with Gasteiger partial charge in [-0.3, -0.25) is 4.98 Å². The second-order valence-electron chi connectivity index (χ2n) is 3.90. The van der Waals surface area contributed by atoms with E-state index in [1.807, 2.05) is 12.3 Å². The van der Waals surface area contributed by atoms with Gasteiger partial charge in [0.15, 0.2) is 0 Å². The van der Waals surface area contributed by atoms with E-state index < -0.39 is 0 Å². The summed E-state index contributed by atoms with van der Waals surface area (Å²) >= 11 is 0. The average molecular weight is 254 g/mol. The lowest BCUT2D eigenvalue weighted by Crippen LogP contribution is -2.09. The van der Waals surface area contributed by atoms with Crippen LogP contribution in [-0.2, 0) is 20.6 Å². The van der Waals surface area contributed by atoms with E-state index in [0.29, 0.717) is 33.0 Å². The Morgan fingerprint density at radius 1 is 1.11 bits per heavy atom. The first-order chi connectivity index (χ1) is 8.84. The topological polar surface area (TPSA) is 66.6 Å². The van der Waals surface area contributed by atoms with Crippen LogP contribution in [0.2, 0.25) is 0 Å². The molecule has 102 valence electrons. The third kappa shape index (κ3) is 6.54. The molecule has 5 nitrogen and oxygen atoms in total. The molecule has 1 aromatic rings. The molecular weight excluding hydrogens is 232 g/mol. The van der Waals surface area contributed by atoms with Gasteiger partial charge in [0.25, 0.3) is 0 Å². The molecule has 0 saturated heterocycles. The fourth-order valence-corrected chi connectivity index (χ4v) is 1.48. The number of hydrogen-bond donors (Lipinski definition) is 1. The molecule has 18 heavy (non-hydrogen) atoms. The van der Waals surface area contributed by atoms with Crippen molar-refractivity contribution in [1.82, 2.24) is 4.98 Å². The Hall–Kier alpha value is -1.17. The summed E-state index contributed by atoms with van der Waals surface area (Å²) < 4.78 is 15.6. The van der Waals surface area contributed by atoms with Crippen LogP contribution in [0.3, 0.4) is 0 Å². The van der Waals surface area contributed by atoms with E-state index in [-0.39, 0.29) is 0 Å². The average Bonchev–Trinajstić information content (AvgIpc) is 2.39. The van der Waals surface area contributed by atoms with Crippen molar-refractivity contribution in [2.75, 3.05) is 45.9 Å². The fraction of sp³-hybridized carbons (Fsp3) is 0.615. The van der Waals surface area contributed by atoms with Crippen molar-refractivity contribution in [1.29, 1.82) is 0 Å². The molecule has 1 aromatic heterocycles. The number of ether oxygens (including phenoxy) is 3. The maximum atomic E-state index is 5.82. The number of nitrogen functional groups attached to an aromatic ring is 1. The highest BCUT2D eigenvalue weighted by atomic mass is 16.5. The lowest BCUT2D eigenvalue weighted by molar-refractivity contribution is 0.0244. The third-order valence-electron chi connectivity index (χ3n) is 2.48. The molecule has 0 unspecified atom stereocenters. The molecule has 0 bridgehead atoms. The zero-order chi connectivity index (χ0) is 13.1. The zero-order valence-electron chi connectivity index (χ0n) is 10.9. The molecule has 0 radical (unpaired) electrons. The minimum Gasteiger partial charge on any atom is -0.398 e. The normalized spacial score (nSPS) is 10.7. The standard InChI is InChI=1S/C13H22N2O3/c1-16-7-8-18-10-9-17-6-2-3-12-11-15-5-4-13(12)14/h4-5,11H,2-3,6-10H2,1H3,(H2,14,15). The van der Waals surface area contributed by atoms with Gasteiger partial charge in [0, 0.05) is 31.8 Å². The van der Waals surface area contributed by atoms with Crippen molar-refractivity contribution in [2.45, 2.75) is 12.8 Å². The molecule has 5 heteroatoms. The molecule has 0 aliphatic carbocycles. The number of hydrogen-bond acceptors (Lipinski definition) is 5. The highest BCUT2D eigenvalue weighted by molar-refractivity contribution is 5.44. The van der Waals surface area contributed by atoms with Crippen molar-refractivity contribution >= 4 is 5.69 Å². The molecule has 0 spiro atoms. The molecule has 0 amide bonds. The van der Waals surface area contributed by atoms with Crippen LogP contribution < -0.4 is 5.73 Å². The van der Waals surface area contributed by atoms with E-state index in [2.05, 4.69) is 4.98 Å². The van der Waals surface area contributed by atoms with Crippen molar-refractivity contribution in [3.8, 4) is 0 Å². The number of aryl methyl sites for hydroxylation is 1. The first-order valence-electron chi connectivity index (χ1n) is 6.17. The van der Waals surface area contributed by atoms with Crippen LogP contribution in [0.4, 0.5) is 5.69 Å². The van der Waals surface area contributed by atoms with Gasteiger partial charge in [-0.25, -0.2) is 0 Å². The number of aromatic nitrogens is 1. The first-order valence-corrected chi connectivity index (χ1v) is 6.17. The largest absolute Gasteiger partial charge is 0.398 e. The van der Waals surface area contributed by atoms with Crippen LogP contribution >= 0.6 is 0 Å². The number of methoxy groups -OCH3 is 1. The Morgan fingerprint density at radius 3 is 2.56 bits per heavy atom. The first kappa shape index (κ1) is 14.9. The lowest BCUT2D eigenvalue weighted by Gasteiger charge is -2.06. The van der Waals surface area contributed by atoms with Gasteiger partial charge in [-0.05, 0) is 24.5 Å². The van der Waals surface area contributed by atoms with E-state index in [1.165, 1.54) is 0 Å². The number of nitrogens with zero attached hydrogens (tertiary/aromatic N) is 1. The Morgan fingerprint density at radius 2 is 1.83 bits per heavy atom. The molecule has 0 aliphatic rings. The van der Waals surface area contributed by atoms with E-state index >= 15 is 0 Å². The van der Waals surface area contributed by atoms with E-state index in [9.17, 15) is 0 Å². The second kappa shape index (κ2) is 9.82. The Balaban J connectivity index is 1.94. The fourth-order valence-electron chi connectivity index (χ4n) is 1.48. The highest BCUT2D eigenvalue weighted by Gasteiger charge is 1.98. The van der Waals surface area contributed by atoms with Crippen LogP contribution in [0.15, 0.2) is 18.5 Å². The summed E-state index contributed by atoms with van der Waals surface area (Å²) in [6, 6.07) is 1.82. The Kier molecular flexibility index (Phi) is 8.12. The highest BCUT2D eigenvalue weighted by Crippen LogP contribution is 2.10. The number of rotatable bonds is 10. The molecule has 0 aromatic carbocycles. The van der Waals surface area contributed by atoms with Crippen LogP contribution in [0.5, 0.6) is 0 Å². The summed E-state index contributed by atoms with van der Waals surface area (Å²) in [5, 5.41) is 0. The smallest absolute Gasteiger partial charge is 0.0701 e. The molecule has 0 aliphatic heterocycles. The molecular formula is C13H22N2O3. The van der Waals surface area contributed by atoms with Gasteiger partial charge in [0.2, 0.25) is 0 Å². The van der Waals surface area contributed by atoms with E-state index in [4.69, 9.17) is 19.9 Å². The van der Waals surface area contributed by atoms with Gasteiger partial charge < -0.3 is 19.9 Å². The van der Waals surface area contributed by atoms with Crippen molar-refractivity contribution in [3.05, 3.63) is 24.0 Å². The summed E-state index contributed by atoms with van der Waals surface area (Å²) in [6.07, 6.45) is 5.34. The van der Waals surface area contributed by atoms with Crippen LogP contribution in [0, 0.1) is 0 Å². The van der Waals surface area contributed by atoms with E-state index in [1.54, 1.807) is 13.3 Å². The molecule has 0 saturated carbocycles. The summed E-state index contributed by atoms with van der Waals surface area (Å²) in [5.74, 6) is 0. The summed E-state index contributed by atoms with van der Waals surface area (Å²) in [4.78, 5) is 4.05. The van der Waals surface area contributed by atoms with Crippen LogP contribution in [0.1, 0.15) is 12.0 Å². The Bertz CT molecular complexity index is 321. The molecule has 1 rings (SSSR count). The van der Waals surface area contributed by atoms with E-state index in [0.717, 1.165) is 24.1 Å². The zero-order valence-corrected chi connectivity index (χ0v) is 10.9. The van der Waals surface area contributed by atoms with Gasteiger partial charge in [-0.2, -0.15) is 0 Å². The number of anilines is 1. The Labute approximate surface area is 108 Å². The SMILES string of the molecule is COCCOCCOCCCc1cnccc1N. The molecule has 0 fully saturated rings. The van der Waals surface area contributed by atoms with Crippen LogP contribution in [-0.4, -0.2) is 45.1 Å². The number of nitrogens with two attached hydrogens (primary N) is 1. The third-order valence-corrected chi connectivity index (χ3v) is 2.48. The summed E-state index contributed by atoms with van der Waals surface area (Å²) in [5.41, 5.74) is 7.70. The molecule has 1 heterocycles. The van der Waals surface area contributed by atoms with Crippen molar-refractivity contribution in [2.24, 2.45) is 0 Å². The van der Waals surface area contributed by atoms with Gasteiger partial charge in [0.1, 0.15) is 0 Å². The predicted octanol–water partition coefficient (Wildman–Crippen LogP) is 1.28. The van der Waals surface area contributed by atoms with Gasteiger partial charge >= 0.3 is 0 Å². The van der Waals surface area contributed by atoms with Crippen molar-refractivity contribution < 1.29 is 14.2 Å². The summed E-state index contributed by atoms with van der Waals surface area (Å²) in [7, 11) is 1.66. The number of pyridine rings is 1. The maximum absolute atomic E-state index is 5.82. The minimum atomic E-state index is 0.610. The monoisotopic (exact) mass is 254 g/mol. The van der Waals surface area contributed by atoms with Crippen LogP contribution in [0.25, 0.3) is 0 Å². The maximum Gasteiger partial charge on any atom is 0.0701 e. The summed E-state index contributed by atoms with van der Waals surface area (Å²) in [6.45, 7) is 3.18. The van der Waals surface area contributed by atoms with Gasteiger partial charge in [0.05, 0.1) is 26.4 Å². The predicted molar refractivity (Wildman–Crippen MR) is 70.5 cm³/mol. The quantitative estimate of drug-likeness (QED) is 0.637. The van der Waals surface area contributed by atoms with Gasteiger partial charge in [-0.15, -0.1) is 0 Å². The van der Waals surface area contributed by atoms with Crippen molar-refractivity contribution in [3.63, 3.8) is 0 Å². The second-order valence-corrected chi connectivity index (χ2v) is 3.90. The lowest BCUT2D eigenvalue weighted by atomic mass is 10.1. The molecule has 2 N–H and O–H groups in total.